The summed E-state index contributed by atoms with van der Waals surface area (Å²) in [7, 11) is 3.43. The third-order valence-corrected chi connectivity index (χ3v) is 3.60. The van der Waals surface area contributed by atoms with Gasteiger partial charge in [0.15, 0.2) is 0 Å². The summed E-state index contributed by atoms with van der Waals surface area (Å²) in [6, 6.07) is 4.26. The SMILES string of the molecule is COc1ccc(OC)c2c1CCC2n1ccnc1.O=[N+]([O-])O. The smallest absolute Gasteiger partial charge is 0.291 e. The zero-order valence-electron chi connectivity index (χ0n) is 12.3. The molecule has 1 aliphatic carbocycles. The van der Waals surface area contributed by atoms with Crippen LogP contribution in [0.1, 0.15) is 23.6 Å². The van der Waals surface area contributed by atoms with Gasteiger partial charge in [-0.3, -0.25) is 0 Å². The molecule has 8 nitrogen and oxygen atoms in total. The number of fused-ring (bicyclic) bond motifs is 1. The second kappa shape index (κ2) is 6.79. The maximum atomic E-state index is 8.36. The fourth-order valence-electron chi connectivity index (χ4n) is 2.79. The Labute approximate surface area is 127 Å². The van der Waals surface area contributed by atoms with Crippen LogP contribution in [0.2, 0.25) is 0 Å². The molecule has 1 aliphatic rings. The van der Waals surface area contributed by atoms with Gasteiger partial charge in [-0.1, -0.05) is 0 Å². The van der Waals surface area contributed by atoms with Gasteiger partial charge in [0.05, 0.1) is 26.6 Å². The number of ether oxygens (including phenoxy) is 2. The molecule has 0 radical (unpaired) electrons. The van der Waals surface area contributed by atoms with Crippen molar-refractivity contribution in [1.82, 2.24) is 9.55 Å². The summed E-state index contributed by atoms with van der Waals surface area (Å²) in [4.78, 5) is 12.5. The van der Waals surface area contributed by atoms with Gasteiger partial charge in [0.2, 0.25) is 0 Å². The van der Waals surface area contributed by atoms with Crippen LogP contribution in [0.5, 0.6) is 11.5 Å². The topological polar surface area (TPSA) is 99.7 Å². The Kier molecular flexibility index (Phi) is 4.82. The Hall–Kier alpha value is -2.77. The van der Waals surface area contributed by atoms with E-state index in [9.17, 15) is 0 Å². The minimum absolute atomic E-state index is 0.299. The number of benzene rings is 1. The highest BCUT2D eigenvalue weighted by atomic mass is 16.9. The van der Waals surface area contributed by atoms with Gasteiger partial charge in [-0.05, 0) is 25.0 Å². The Bertz CT molecular complexity index is 638. The van der Waals surface area contributed by atoms with Crippen molar-refractivity contribution in [2.24, 2.45) is 0 Å². The summed E-state index contributed by atoms with van der Waals surface area (Å²) in [6.07, 6.45) is 7.74. The van der Waals surface area contributed by atoms with Crippen LogP contribution in [0.3, 0.4) is 0 Å². The van der Waals surface area contributed by atoms with Gasteiger partial charge < -0.3 is 19.2 Å². The lowest BCUT2D eigenvalue weighted by atomic mass is 10.1. The van der Waals surface area contributed by atoms with E-state index in [1.54, 1.807) is 14.2 Å². The van der Waals surface area contributed by atoms with Crippen LogP contribution in [0, 0.1) is 10.1 Å². The number of rotatable bonds is 3. The molecule has 1 aromatic carbocycles. The summed E-state index contributed by atoms with van der Waals surface area (Å²) < 4.78 is 13.1. The van der Waals surface area contributed by atoms with E-state index in [-0.39, 0.29) is 0 Å². The molecular formula is C14H17N3O5. The van der Waals surface area contributed by atoms with Crippen molar-refractivity contribution in [3.63, 3.8) is 0 Å². The Morgan fingerprint density at radius 3 is 2.55 bits per heavy atom. The van der Waals surface area contributed by atoms with Crippen LogP contribution in [0.4, 0.5) is 0 Å². The summed E-state index contributed by atoms with van der Waals surface area (Å²) in [5, 5.41) is 13.6. The zero-order chi connectivity index (χ0) is 16.1. The fourth-order valence-corrected chi connectivity index (χ4v) is 2.79. The summed E-state index contributed by atoms with van der Waals surface area (Å²) in [6.45, 7) is 0. The Balaban J connectivity index is 0.000000396. The van der Waals surface area contributed by atoms with E-state index in [2.05, 4.69) is 9.55 Å². The average molecular weight is 307 g/mol. The van der Waals surface area contributed by atoms with Crippen molar-refractivity contribution in [3.8, 4) is 11.5 Å². The van der Waals surface area contributed by atoms with E-state index < -0.39 is 5.09 Å². The standard InChI is InChI=1S/C14H16N2O2.HNO3/c1-17-12-5-6-13(18-2)14-10(12)3-4-11(14)16-8-7-15-9-16;2-1(3)4/h5-9,11H,3-4H2,1-2H3;(H,2,3,4). The lowest BCUT2D eigenvalue weighted by Gasteiger charge is -2.17. The molecule has 0 saturated heterocycles. The maximum absolute atomic E-state index is 8.36. The van der Waals surface area contributed by atoms with E-state index in [0.29, 0.717) is 6.04 Å². The first kappa shape index (κ1) is 15.6. The van der Waals surface area contributed by atoms with E-state index in [0.717, 1.165) is 24.3 Å². The predicted octanol–water partition coefficient (Wildman–Crippen LogP) is 2.09. The predicted molar refractivity (Wildman–Crippen MR) is 77.0 cm³/mol. The van der Waals surface area contributed by atoms with Gasteiger partial charge in [-0.2, -0.15) is 0 Å². The number of nitrogens with zero attached hydrogens (tertiary/aromatic N) is 3. The summed E-state index contributed by atoms with van der Waals surface area (Å²) >= 11 is 0. The molecule has 1 aromatic heterocycles. The van der Waals surface area contributed by atoms with E-state index >= 15 is 0 Å². The molecule has 3 rings (SSSR count). The van der Waals surface area contributed by atoms with Crippen LogP contribution in [-0.2, 0) is 6.42 Å². The van der Waals surface area contributed by atoms with Crippen LogP contribution in [-0.4, -0.2) is 34.1 Å². The lowest BCUT2D eigenvalue weighted by Crippen LogP contribution is -2.06. The zero-order valence-corrected chi connectivity index (χ0v) is 12.3. The second-order valence-corrected chi connectivity index (χ2v) is 4.66. The Morgan fingerprint density at radius 1 is 1.36 bits per heavy atom. The highest BCUT2D eigenvalue weighted by molar-refractivity contribution is 5.53. The number of methoxy groups -OCH3 is 2. The largest absolute Gasteiger partial charge is 0.496 e. The third-order valence-electron chi connectivity index (χ3n) is 3.60. The first-order chi connectivity index (χ1) is 10.6. The normalized spacial score (nSPS) is 15.5. The van der Waals surface area contributed by atoms with Crippen molar-refractivity contribution < 1.29 is 19.8 Å². The number of imidazole rings is 1. The van der Waals surface area contributed by atoms with Crippen LogP contribution >= 0.6 is 0 Å². The number of aromatic nitrogens is 2. The molecule has 0 saturated carbocycles. The number of hydrogen-bond acceptors (Lipinski definition) is 5. The monoisotopic (exact) mass is 307 g/mol. The molecule has 0 spiro atoms. The molecular weight excluding hydrogens is 290 g/mol. The molecule has 1 N–H and O–H groups in total. The molecule has 1 unspecified atom stereocenters. The van der Waals surface area contributed by atoms with Crippen molar-refractivity contribution in [2.45, 2.75) is 18.9 Å². The molecule has 8 heteroatoms. The first-order valence-electron chi connectivity index (χ1n) is 6.63. The molecule has 0 fully saturated rings. The van der Waals surface area contributed by atoms with Crippen molar-refractivity contribution in [1.29, 1.82) is 0 Å². The minimum Gasteiger partial charge on any atom is -0.496 e. The quantitative estimate of drug-likeness (QED) is 0.688. The van der Waals surface area contributed by atoms with Gasteiger partial charge in [-0.25, -0.2) is 4.98 Å². The van der Waals surface area contributed by atoms with Gasteiger partial charge in [0.25, 0.3) is 5.09 Å². The Morgan fingerprint density at radius 2 is 2.00 bits per heavy atom. The van der Waals surface area contributed by atoms with Gasteiger partial charge in [0, 0.05) is 23.5 Å². The molecule has 22 heavy (non-hydrogen) atoms. The summed E-state index contributed by atoms with van der Waals surface area (Å²) in [5.41, 5.74) is 2.49. The van der Waals surface area contributed by atoms with Crippen LogP contribution in [0.15, 0.2) is 30.9 Å². The van der Waals surface area contributed by atoms with Crippen LogP contribution in [0.25, 0.3) is 0 Å². The number of hydrogen-bond donors (Lipinski definition) is 1. The van der Waals surface area contributed by atoms with Crippen molar-refractivity contribution in [3.05, 3.63) is 52.1 Å². The van der Waals surface area contributed by atoms with Crippen molar-refractivity contribution in [2.75, 3.05) is 14.2 Å². The molecule has 0 aliphatic heterocycles. The molecule has 2 aromatic rings. The highest BCUT2D eigenvalue weighted by Gasteiger charge is 2.29. The van der Waals surface area contributed by atoms with Gasteiger partial charge in [-0.15, -0.1) is 10.1 Å². The first-order valence-corrected chi connectivity index (χ1v) is 6.63. The van der Waals surface area contributed by atoms with E-state index in [4.69, 9.17) is 24.8 Å². The molecule has 1 heterocycles. The molecule has 1 atom stereocenters. The molecule has 0 amide bonds. The second-order valence-electron chi connectivity index (χ2n) is 4.66. The lowest BCUT2D eigenvalue weighted by molar-refractivity contribution is -0.742. The van der Waals surface area contributed by atoms with Gasteiger partial charge >= 0.3 is 0 Å². The molecule has 118 valence electrons. The molecule has 0 bridgehead atoms. The van der Waals surface area contributed by atoms with Crippen molar-refractivity contribution >= 4 is 0 Å². The minimum atomic E-state index is -1.50. The third kappa shape index (κ3) is 3.11. The van der Waals surface area contributed by atoms with E-state index in [1.165, 1.54) is 11.1 Å². The van der Waals surface area contributed by atoms with Gasteiger partial charge in [0.1, 0.15) is 11.5 Å². The van der Waals surface area contributed by atoms with Crippen LogP contribution < -0.4 is 9.47 Å². The van der Waals surface area contributed by atoms with E-state index in [1.807, 2.05) is 30.9 Å². The highest BCUT2D eigenvalue weighted by Crippen LogP contribution is 2.44. The average Bonchev–Trinajstić information content (AvgIpc) is 3.14. The summed E-state index contributed by atoms with van der Waals surface area (Å²) in [5.74, 6) is 1.88. The maximum Gasteiger partial charge on any atom is 0.291 e. The fraction of sp³-hybridized carbons (Fsp3) is 0.357.